The summed E-state index contributed by atoms with van der Waals surface area (Å²) in [6.45, 7) is 1.11. The van der Waals surface area contributed by atoms with Crippen LogP contribution in [0, 0.1) is 0 Å². The van der Waals surface area contributed by atoms with Gasteiger partial charge in [0.25, 0.3) is 0 Å². The van der Waals surface area contributed by atoms with E-state index in [9.17, 15) is 18.0 Å². The molecule has 0 atom stereocenters. The molecule has 2 aromatic rings. The molecule has 3 nitrogen and oxygen atoms in total. The van der Waals surface area contributed by atoms with Crippen LogP contribution < -0.4 is 5.32 Å². The van der Waals surface area contributed by atoms with E-state index in [4.69, 9.17) is 0 Å². The van der Waals surface area contributed by atoms with Crippen LogP contribution in [0.15, 0.2) is 53.7 Å². The van der Waals surface area contributed by atoms with Crippen molar-refractivity contribution >= 4 is 18.0 Å². The van der Waals surface area contributed by atoms with Gasteiger partial charge in [0.05, 0.1) is 15.3 Å². The Labute approximate surface area is 168 Å². The molecule has 1 N–H and O–H groups in total. The van der Waals surface area contributed by atoms with Gasteiger partial charge < -0.3 is 10.1 Å². The molecule has 0 amide bonds. The average Bonchev–Trinajstić information content (AvgIpc) is 2.66. The molecule has 28 heavy (non-hydrogen) atoms. The molecule has 0 aliphatic heterocycles. The molecule has 1 aromatic heterocycles. The number of aryl methyl sites for hydroxylation is 1. The number of carbonyl (C=O) groups is 1. The maximum atomic E-state index is 12.3. The van der Waals surface area contributed by atoms with Gasteiger partial charge in [0.1, 0.15) is 6.29 Å². The molecular formula is C21H25F3N2OS. The Morgan fingerprint density at radius 3 is 2.36 bits per heavy atom. The SMILES string of the molecule is CNCCCc1ccccc1.O=CC1(Sc2ccc(C(F)(F)F)cn2)CCC1. The Morgan fingerprint density at radius 1 is 1.18 bits per heavy atom. The lowest BCUT2D eigenvalue weighted by Crippen LogP contribution is -2.34. The molecule has 3 rings (SSSR count). The fourth-order valence-electron chi connectivity index (χ4n) is 2.70. The molecule has 152 valence electrons. The number of nitrogens with zero attached hydrogens (tertiary/aromatic N) is 1. The third-order valence-electron chi connectivity index (χ3n) is 4.52. The quantitative estimate of drug-likeness (QED) is 0.506. The first-order valence-corrected chi connectivity index (χ1v) is 10.1. The minimum atomic E-state index is -4.37. The number of alkyl halides is 3. The van der Waals surface area contributed by atoms with Crippen molar-refractivity contribution in [2.45, 2.75) is 48.1 Å². The van der Waals surface area contributed by atoms with Gasteiger partial charge in [-0.15, -0.1) is 0 Å². The third kappa shape index (κ3) is 6.95. The highest BCUT2D eigenvalue weighted by atomic mass is 32.2. The zero-order valence-corrected chi connectivity index (χ0v) is 16.7. The maximum Gasteiger partial charge on any atom is 0.417 e. The monoisotopic (exact) mass is 410 g/mol. The first-order chi connectivity index (χ1) is 13.4. The van der Waals surface area contributed by atoms with Gasteiger partial charge in [-0.3, -0.25) is 0 Å². The molecule has 0 unspecified atom stereocenters. The van der Waals surface area contributed by atoms with E-state index in [2.05, 4.69) is 40.6 Å². The molecule has 1 aliphatic rings. The molecule has 1 aromatic carbocycles. The van der Waals surface area contributed by atoms with Crippen molar-refractivity contribution < 1.29 is 18.0 Å². The summed E-state index contributed by atoms with van der Waals surface area (Å²) < 4.78 is 36.4. The Hall–Kier alpha value is -1.86. The van der Waals surface area contributed by atoms with Crippen LogP contribution in [-0.4, -0.2) is 29.6 Å². The molecule has 1 fully saturated rings. The number of benzene rings is 1. The zero-order valence-electron chi connectivity index (χ0n) is 15.8. The van der Waals surface area contributed by atoms with Crippen LogP contribution in [0.4, 0.5) is 13.2 Å². The number of halogens is 3. The largest absolute Gasteiger partial charge is 0.417 e. The number of hydrogen-bond acceptors (Lipinski definition) is 4. The van der Waals surface area contributed by atoms with E-state index in [-0.39, 0.29) is 0 Å². The van der Waals surface area contributed by atoms with Crippen LogP contribution in [0.1, 0.15) is 36.8 Å². The van der Waals surface area contributed by atoms with E-state index >= 15 is 0 Å². The predicted octanol–water partition coefficient (Wildman–Crippen LogP) is 5.15. The normalized spacial score (nSPS) is 15.1. The number of rotatable bonds is 7. The summed E-state index contributed by atoms with van der Waals surface area (Å²) in [5.41, 5.74) is 0.665. The van der Waals surface area contributed by atoms with Crippen LogP contribution in [-0.2, 0) is 17.4 Å². The van der Waals surface area contributed by atoms with Crippen LogP contribution in [0.5, 0.6) is 0 Å². The number of carbonyl (C=O) groups excluding carboxylic acids is 1. The lowest BCUT2D eigenvalue weighted by Gasteiger charge is -2.35. The number of nitrogens with one attached hydrogen (secondary N) is 1. The van der Waals surface area contributed by atoms with Gasteiger partial charge in [-0.2, -0.15) is 13.2 Å². The van der Waals surface area contributed by atoms with Gasteiger partial charge in [0, 0.05) is 6.20 Å². The van der Waals surface area contributed by atoms with E-state index in [1.54, 1.807) is 0 Å². The van der Waals surface area contributed by atoms with Crippen molar-refractivity contribution in [1.82, 2.24) is 10.3 Å². The fourth-order valence-corrected chi connectivity index (χ4v) is 3.90. The minimum absolute atomic E-state index is 0.463. The molecule has 1 aliphatic carbocycles. The Kier molecular flexibility index (Phi) is 8.51. The summed E-state index contributed by atoms with van der Waals surface area (Å²) in [4.78, 5) is 14.7. The van der Waals surface area contributed by atoms with Crippen molar-refractivity contribution in [2.24, 2.45) is 0 Å². The van der Waals surface area contributed by atoms with Crippen LogP contribution in [0.2, 0.25) is 0 Å². The first kappa shape index (κ1) is 22.4. The summed E-state index contributed by atoms with van der Waals surface area (Å²) >= 11 is 1.25. The number of hydrogen-bond donors (Lipinski definition) is 1. The predicted molar refractivity (Wildman–Crippen MR) is 106 cm³/mol. The molecule has 1 heterocycles. The summed E-state index contributed by atoms with van der Waals surface area (Å²) in [5.74, 6) is 0. The second-order valence-electron chi connectivity index (χ2n) is 6.71. The molecular weight excluding hydrogens is 385 g/mol. The molecule has 7 heteroatoms. The van der Waals surface area contributed by atoms with E-state index in [1.807, 2.05) is 7.05 Å². The number of aromatic nitrogens is 1. The van der Waals surface area contributed by atoms with Crippen molar-refractivity contribution in [3.05, 3.63) is 59.8 Å². The Morgan fingerprint density at radius 2 is 1.89 bits per heavy atom. The van der Waals surface area contributed by atoms with Crippen LogP contribution >= 0.6 is 11.8 Å². The summed E-state index contributed by atoms with van der Waals surface area (Å²) in [6.07, 6.45) is 2.23. The highest BCUT2D eigenvalue weighted by molar-refractivity contribution is 8.01. The second-order valence-corrected chi connectivity index (χ2v) is 8.15. The summed E-state index contributed by atoms with van der Waals surface area (Å²) in [7, 11) is 1.99. The fraction of sp³-hybridized carbons (Fsp3) is 0.429. The number of aldehydes is 1. The molecule has 0 radical (unpaired) electrons. The van der Waals surface area contributed by atoms with E-state index < -0.39 is 16.5 Å². The highest BCUT2D eigenvalue weighted by Gasteiger charge is 2.38. The number of thioether (sulfide) groups is 1. The van der Waals surface area contributed by atoms with Gasteiger partial charge in [-0.25, -0.2) is 4.98 Å². The van der Waals surface area contributed by atoms with Crippen LogP contribution in [0.25, 0.3) is 0 Å². The zero-order chi connectivity index (χ0) is 20.5. The maximum absolute atomic E-state index is 12.3. The summed E-state index contributed by atoms with van der Waals surface area (Å²) in [5, 5.41) is 3.60. The topological polar surface area (TPSA) is 42.0 Å². The standard InChI is InChI=1S/C11H10F3NOS.C10H15N/c12-11(13,14)8-2-3-9(15-6-8)17-10(7-16)4-1-5-10;1-11-9-5-8-10-6-3-2-4-7-10/h2-3,6-7H,1,4-5H2;2-4,6-7,11H,5,8-9H2,1H3. The van der Waals surface area contributed by atoms with Crippen molar-refractivity contribution in [1.29, 1.82) is 0 Å². The van der Waals surface area contributed by atoms with Crippen molar-refractivity contribution in [3.63, 3.8) is 0 Å². The lowest BCUT2D eigenvalue weighted by molar-refractivity contribution is -0.137. The van der Waals surface area contributed by atoms with Crippen LogP contribution in [0.3, 0.4) is 0 Å². The van der Waals surface area contributed by atoms with E-state index in [0.29, 0.717) is 5.03 Å². The van der Waals surface area contributed by atoms with E-state index in [1.165, 1.54) is 36.2 Å². The Balaban J connectivity index is 0.000000221. The highest BCUT2D eigenvalue weighted by Crippen LogP contribution is 2.45. The van der Waals surface area contributed by atoms with E-state index in [0.717, 1.165) is 44.4 Å². The smallest absolute Gasteiger partial charge is 0.320 e. The van der Waals surface area contributed by atoms with Crippen molar-refractivity contribution in [3.8, 4) is 0 Å². The van der Waals surface area contributed by atoms with Crippen molar-refractivity contribution in [2.75, 3.05) is 13.6 Å². The average molecular weight is 411 g/mol. The minimum Gasteiger partial charge on any atom is -0.320 e. The molecule has 0 spiro atoms. The first-order valence-electron chi connectivity index (χ1n) is 9.26. The van der Waals surface area contributed by atoms with Gasteiger partial charge in [-0.05, 0) is 63.4 Å². The lowest BCUT2D eigenvalue weighted by atomic mass is 9.86. The summed E-state index contributed by atoms with van der Waals surface area (Å²) in [6, 6.07) is 12.9. The van der Waals surface area contributed by atoms with Gasteiger partial charge >= 0.3 is 6.18 Å². The third-order valence-corrected chi connectivity index (χ3v) is 5.88. The second kappa shape index (κ2) is 10.6. The Bertz CT molecular complexity index is 717. The molecule has 0 saturated heterocycles. The number of pyridine rings is 1. The molecule has 0 bridgehead atoms. The van der Waals surface area contributed by atoms with Gasteiger partial charge in [0.15, 0.2) is 0 Å². The van der Waals surface area contributed by atoms with Gasteiger partial charge in [0.2, 0.25) is 0 Å². The molecule has 1 saturated carbocycles. The van der Waals surface area contributed by atoms with Gasteiger partial charge in [-0.1, -0.05) is 42.1 Å².